The Morgan fingerprint density at radius 3 is 2.92 bits per heavy atom. The van der Waals surface area contributed by atoms with E-state index in [9.17, 15) is 9.59 Å². The van der Waals surface area contributed by atoms with E-state index in [1.54, 1.807) is 24.3 Å². The number of nitriles is 1. The van der Waals surface area contributed by atoms with E-state index in [-0.39, 0.29) is 11.1 Å². The van der Waals surface area contributed by atoms with Crippen LogP contribution in [0.1, 0.15) is 25.3 Å². The number of aliphatic imine (C=N–C) groups is 1. The normalized spacial score (nSPS) is 14.8. The maximum atomic E-state index is 11.9. The van der Waals surface area contributed by atoms with Crippen LogP contribution in [0.25, 0.3) is 6.08 Å². The predicted octanol–water partition coefficient (Wildman–Crippen LogP) is 2.48. The highest BCUT2D eigenvalue weighted by Gasteiger charge is 2.22. The molecule has 1 aromatic carbocycles. The summed E-state index contributed by atoms with van der Waals surface area (Å²) in [5.41, 5.74) is 0.747. The molecule has 0 aliphatic carbocycles. The summed E-state index contributed by atoms with van der Waals surface area (Å²) in [6, 6.07) is 7.35. The van der Waals surface area contributed by atoms with E-state index < -0.39 is 5.91 Å². The van der Waals surface area contributed by atoms with Gasteiger partial charge in [0.05, 0.1) is 24.7 Å². The number of nitrogens with zero attached hydrogens (tertiary/aromatic N) is 2. The Kier molecular flexibility index (Phi) is 6.60. The average molecular weight is 359 g/mol. The highest BCUT2D eigenvalue weighted by Crippen LogP contribution is 2.32. The van der Waals surface area contributed by atoms with Crippen molar-refractivity contribution in [2.75, 3.05) is 13.7 Å². The number of unbranched alkanes of at least 4 members (excludes halogenated alkanes) is 1. The maximum Gasteiger partial charge on any atom is 0.286 e. The second-order valence-electron chi connectivity index (χ2n) is 5.03. The number of hydrogen-bond donors (Lipinski definition) is 1. The Bertz CT molecular complexity index is 781. The minimum Gasteiger partial charge on any atom is -0.493 e. The first-order chi connectivity index (χ1) is 12.0. The van der Waals surface area contributed by atoms with E-state index in [4.69, 9.17) is 14.7 Å². The summed E-state index contributed by atoms with van der Waals surface area (Å²) in [6.07, 6.45) is 2.75. The molecule has 0 bridgehead atoms. The van der Waals surface area contributed by atoms with Crippen LogP contribution in [0.15, 0.2) is 28.1 Å². The molecule has 0 radical (unpaired) electrons. The van der Waals surface area contributed by atoms with Crippen molar-refractivity contribution < 1.29 is 19.1 Å². The molecular weight excluding hydrogens is 342 g/mol. The number of thioether (sulfide) groups is 1. The molecule has 0 spiro atoms. The van der Waals surface area contributed by atoms with Crippen molar-refractivity contribution >= 4 is 34.8 Å². The molecule has 0 aromatic heterocycles. The summed E-state index contributed by atoms with van der Waals surface area (Å²) in [7, 11) is 1.53. The summed E-state index contributed by atoms with van der Waals surface area (Å²) < 4.78 is 10.9. The fourth-order valence-corrected chi connectivity index (χ4v) is 2.85. The van der Waals surface area contributed by atoms with Gasteiger partial charge in [-0.15, -0.1) is 0 Å². The number of amidine groups is 1. The third kappa shape index (κ3) is 5.36. The molecule has 0 saturated heterocycles. The fourth-order valence-electron chi connectivity index (χ4n) is 1.99. The van der Waals surface area contributed by atoms with Gasteiger partial charge in [-0.2, -0.15) is 10.3 Å². The van der Waals surface area contributed by atoms with Crippen molar-refractivity contribution in [3.8, 4) is 17.6 Å². The van der Waals surface area contributed by atoms with Crippen molar-refractivity contribution in [3.63, 3.8) is 0 Å². The van der Waals surface area contributed by atoms with Crippen LogP contribution in [0.4, 0.5) is 0 Å². The number of ether oxygens (including phenoxy) is 2. The summed E-state index contributed by atoms with van der Waals surface area (Å²) >= 11 is 1.11. The Morgan fingerprint density at radius 2 is 2.24 bits per heavy atom. The van der Waals surface area contributed by atoms with E-state index in [1.807, 2.05) is 0 Å². The molecule has 130 valence electrons. The van der Waals surface area contributed by atoms with Gasteiger partial charge in [0.25, 0.3) is 5.91 Å². The number of nitrogens with one attached hydrogen (secondary N) is 1. The Balaban J connectivity index is 2.09. The average Bonchev–Trinajstić information content (AvgIpc) is 2.90. The monoisotopic (exact) mass is 359 g/mol. The number of rotatable bonds is 6. The molecular formula is C17H17N3O4S. The van der Waals surface area contributed by atoms with Crippen LogP contribution in [0.2, 0.25) is 0 Å². The number of amides is 2. The Hall–Kier alpha value is -2.79. The second kappa shape index (κ2) is 8.89. The van der Waals surface area contributed by atoms with Crippen LogP contribution in [-0.4, -0.2) is 30.7 Å². The Labute approximate surface area is 149 Å². The quantitative estimate of drug-likeness (QED) is 0.618. The minimum atomic E-state index is -0.399. The molecule has 0 atom stereocenters. The standard InChI is InChI=1S/C17H17N3O4S/c1-11(21)19-17-20-16(22)15(25-17)10-12-5-6-13(14(9-12)23-2)24-8-4-3-7-18/h5-6,9-10H,3-4,8H2,1-2H3,(H,19,20,21,22)/b15-10-. The SMILES string of the molecule is COc1cc(/C=C2\SC(NC(C)=O)=NC2=O)ccc1OCCCC#N. The van der Waals surface area contributed by atoms with Crippen molar-refractivity contribution in [2.45, 2.75) is 19.8 Å². The van der Waals surface area contributed by atoms with Gasteiger partial charge in [-0.05, 0) is 42.0 Å². The van der Waals surface area contributed by atoms with E-state index in [2.05, 4.69) is 16.4 Å². The van der Waals surface area contributed by atoms with Crippen LogP contribution in [-0.2, 0) is 9.59 Å². The minimum absolute atomic E-state index is 0.271. The molecule has 1 aliphatic rings. The molecule has 2 amide bonds. The molecule has 8 heteroatoms. The van der Waals surface area contributed by atoms with Crippen LogP contribution >= 0.6 is 11.8 Å². The number of carbonyl (C=O) groups is 2. The first kappa shape index (κ1) is 18.5. The zero-order valence-electron chi connectivity index (χ0n) is 13.9. The zero-order chi connectivity index (χ0) is 18.2. The molecule has 2 rings (SSSR count). The highest BCUT2D eigenvalue weighted by molar-refractivity contribution is 8.18. The lowest BCUT2D eigenvalue weighted by molar-refractivity contribution is -0.117. The number of benzene rings is 1. The van der Waals surface area contributed by atoms with Crippen LogP contribution in [0.5, 0.6) is 11.5 Å². The molecule has 1 aliphatic heterocycles. The summed E-state index contributed by atoms with van der Waals surface area (Å²) in [5.74, 6) is 0.428. The van der Waals surface area contributed by atoms with E-state index in [0.717, 1.165) is 17.3 Å². The lowest BCUT2D eigenvalue weighted by Crippen LogP contribution is -2.23. The van der Waals surface area contributed by atoms with Gasteiger partial charge in [0.15, 0.2) is 16.7 Å². The number of carbonyl (C=O) groups excluding carboxylic acids is 2. The topological polar surface area (TPSA) is 101 Å². The van der Waals surface area contributed by atoms with Crippen molar-refractivity contribution in [2.24, 2.45) is 4.99 Å². The molecule has 1 aromatic rings. The van der Waals surface area contributed by atoms with Gasteiger partial charge < -0.3 is 14.8 Å². The lowest BCUT2D eigenvalue weighted by atomic mass is 10.2. The van der Waals surface area contributed by atoms with Crippen LogP contribution < -0.4 is 14.8 Å². The molecule has 7 nitrogen and oxygen atoms in total. The van der Waals surface area contributed by atoms with Gasteiger partial charge in [-0.25, -0.2) is 0 Å². The van der Waals surface area contributed by atoms with Gasteiger partial charge in [0, 0.05) is 13.3 Å². The summed E-state index contributed by atoms with van der Waals surface area (Å²) in [6.45, 7) is 1.78. The van der Waals surface area contributed by atoms with E-state index in [0.29, 0.717) is 35.9 Å². The van der Waals surface area contributed by atoms with Crippen molar-refractivity contribution in [1.82, 2.24) is 5.32 Å². The fraction of sp³-hybridized carbons (Fsp3) is 0.294. The third-order valence-electron chi connectivity index (χ3n) is 3.08. The largest absolute Gasteiger partial charge is 0.493 e. The first-order valence-corrected chi connectivity index (χ1v) is 8.33. The molecule has 0 unspecified atom stereocenters. The lowest BCUT2D eigenvalue weighted by Gasteiger charge is -2.11. The molecule has 1 heterocycles. The third-order valence-corrected chi connectivity index (χ3v) is 3.98. The molecule has 0 saturated carbocycles. The van der Waals surface area contributed by atoms with E-state index >= 15 is 0 Å². The van der Waals surface area contributed by atoms with Gasteiger partial charge in [-0.3, -0.25) is 9.59 Å². The second-order valence-corrected chi connectivity index (χ2v) is 6.07. The van der Waals surface area contributed by atoms with Crippen LogP contribution in [0.3, 0.4) is 0 Å². The van der Waals surface area contributed by atoms with Gasteiger partial charge in [0.2, 0.25) is 5.91 Å². The van der Waals surface area contributed by atoms with Crippen LogP contribution in [0, 0.1) is 11.3 Å². The van der Waals surface area contributed by atoms with Crippen molar-refractivity contribution in [3.05, 3.63) is 28.7 Å². The summed E-state index contributed by atoms with van der Waals surface area (Å²) in [5, 5.41) is 11.3. The Morgan fingerprint density at radius 1 is 1.44 bits per heavy atom. The zero-order valence-corrected chi connectivity index (χ0v) is 14.7. The van der Waals surface area contributed by atoms with Gasteiger partial charge in [-0.1, -0.05) is 6.07 Å². The van der Waals surface area contributed by atoms with E-state index in [1.165, 1.54) is 14.0 Å². The van der Waals surface area contributed by atoms with Gasteiger partial charge >= 0.3 is 0 Å². The maximum absolute atomic E-state index is 11.9. The highest BCUT2D eigenvalue weighted by atomic mass is 32.2. The summed E-state index contributed by atoms with van der Waals surface area (Å²) in [4.78, 5) is 27.1. The smallest absolute Gasteiger partial charge is 0.286 e. The number of methoxy groups -OCH3 is 1. The molecule has 0 fully saturated rings. The molecule has 25 heavy (non-hydrogen) atoms. The molecule has 1 N–H and O–H groups in total. The first-order valence-electron chi connectivity index (χ1n) is 7.51. The number of hydrogen-bond acceptors (Lipinski definition) is 6. The predicted molar refractivity (Wildman–Crippen MR) is 95.2 cm³/mol. The van der Waals surface area contributed by atoms with Crippen molar-refractivity contribution in [1.29, 1.82) is 5.26 Å². The van der Waals surface area contributed by atoms with Gasteiger partial charge in [0.1, 0.15) is 0 Å².